The molecule has 0 unspecified atom stereocenters. The summed E-state index contributed by atoms with van der Waals surface area (Å²) in [5.41, 5.74) is 2.87. The highest BCUT2D eigenvalue weighted by Gasteiger charge is 2.25. The summed E-state index contributed by atoms with van der Waals surface area (Å²) >= 11 is 11.0. The molecule has 1 fully saturated rings. The number of aromatic nitrogens is 1. The SMILES string of the molecule is Cc1cc(OCCCC(=O)N(C[C@H]2CCCO2)c2nc(-c3ccc(Br)cc3)cs2)ccc1Cl. The number of ether oxygens (including phenoxy) is 2. The number of amides is 1. The van der Waals surface area contributed by atoms with Crippen LogP contribution in [-0.4, -0.2) is 36.8 Å². The number of hydrogen-bond donors (Lipinski definition) is 0. The first-order valence-electron chi connectivity index (χ1n) is 11.0. The second-order valence-corrected chi connectivity index (χ2v) is 10.2. The first-order chi connectivity index (χ1) is 16.0. The van der Waals surface area contributed by atoms with Gasteiger partial charge in [0.2, 0.25) is 5.91 Å². The van der Waals surface area contributed by atoms with Gasteiger partial charge in [-0.3, -0.25) is 9.69 Å². The number of hydrogen-bond acceptors (Lipinski definition) is 5. The Morgan fingerprint density at radius 3 is 2.85 bits per heavy atom. The van der Waals surface area contributed by atoms with Gasteiger partial charge in [-0.1, -0.05) is 39.7 Å². The van der Waals surface area contributed by atoms with E-state index in [2.05, 4.69) is 15.9 Å². The van der Waals surface area contributed by atoms with Crippen LogP contribution in [0.5, 0.6) is 5.75 Å². The van der Waals surface area contributed by atoms with Crippen LogP contribution >= 0.6 is 38.9 Å². The number of carbonyl (C=O) groups is 1. The van der Waals surface area contributed by atoms with Gasteiger partial charge in [-0.2, -0.15) is 0 Å². The molecule has 8 heteroatoms. The van der Waals surface area contributed by atoms with E-state index in [0.717, 1.165) is 46.5 Å². The second-order valence-electron chi connectivity index (χ2n) is 8.02. The van der Waals surface area contributed by atoms with Crippen LogP contribution in [-0.2, 0) is 9.53 Å². The molecule has 0 saturated carbocycles. The zero-order chi connectivity index (χ0) is 23.2. The average molecular weight is 550 g/mol. The van der Waals surface area contributed by atoms with Gasteiger partial charge in [-0.25, -0.2) is 4.98 Å². The molecule has 4 rings (SSSR count). The van der Waals surface area contributed by atoms with Gasteiger partial charge in [-0.15, -0.1) is 11.3 Å². The smallest absolute Gasteiger partial charge is 0.228 e. The molecule has 3 aromatic rings. The van der Waals surface area contributed by atoms with Crippen molar-refractivity contribution in [1.82, 2.24) is 4.98 Å². The molecule has 1 saturated heterocycles. The zero-order valence-electron chi connectivity index (χ0n) is 18.4. The maximum atomic E-state index is 13.2. The van der Waals surface area contributed by atoms with Crippen LogP contribution in [0.4, 0.5) is 5.13 Å². The van der Waals surface area contributed by atoms with E-state index in [1.807, 2.05) is 54.8 Å². The molecule has 0 spiro atoms. The van der Waals surface area contributed by atoms with Crippen molar-refractivity contribution >= 4 is 49.9 Å². The van der Waals surface area contributed by atoms with E-state index in [1.165, 1.54) is 11.3 Å². The highest BCUT2D eigenvalue weighted by Crippen LogP contribution is 2.30. The molecule has 1 aliphatic heterocycles. The van der Waals surface area contributed by atoms with Crippen LogP contribution in [0.1, 0.15) is 31.2 Å². The number of halogens is 2. The Labute approximate surface area is 211 Å². The Bertz CT molecular complexity index is 1080. The normalized spacial score (nSPS) is 15.5. The minimum absolute atomic E-state index is 0.0399. The lowest BCUT2D eigenvalue weighted by Gasteiger charge is -2.23. The summed E-state index contributed by atoms with van der Waals surface area (Å²) in [6.07, 6.45) is 3.05. The van der Waals surface area contributed by atoms with Crippen molar-refractivity contribution < 1.29 is 14.3 Å². The number of rotatable bonds is 9. The third-order valence-electron chi connectivity index (χ3n) is 5.51. The Hall–Kier alpha value is -1.93. The molecular weight excluding hydrogens is 524 g/mol. The van der Waals surface area contributed by atoms with Crippen LogP contribution < -0.4 is 9.64 Å². The molecule has 5 nitrogen and oxygen atoms in total. The van der Waals surface area contributed by atoms with Crippen LogP contribution in [0, 0.1) is 6.92 Å². The minimum atomic E-state index is 0.0399. The summed E-state index contributed by atoms with van der Waals surface area (Å²) in [5, 5.41) is 3.43. The number of aryl methyl sites for hydroxylation is 1. The number of thiazole rings is 1. The molecule has 33 heavy (non-hydrogen) atoms. The molecule has 2 heterocycles. The summed E-state index contributed by atoms with van der Waals surface area (Å²) in [6, 6.07) is 13.6. The largest absolute Gasteiger partial charge is 0.494 e. The van der Waals surface area contributed by atoms with E-state index in [9.17, 15) is 4.79 Å². The van der Waals surface area contributed by atoms with Gasteiger partial charge in [0.1, 0.15) is 5.75 Å². The molecule has 0 radical (unpaired) electrons. The van der Waals surface area contributed by atoms with E-state index in [0.29, 0.717) is 36.1 Å². The van der Waals surface area contributed by atoms with Crippen LogP contribution in [0.2, 0.25) is 5.02 Å². The highest BCUT2D eigenvalue weighted by atomic mass is 79.9. The Morgan fingerprint density at radius 1 is 1.30 bits per heavy atom. The van der Waals surface area contributed by atoms with Crippen LogP contribution in [0.15, 0.2) is 52.3 Å². The Kier molecular flexibility index (Phi) is 8.41. The van der Waals surface area contributed by atoms with E-state index in [4.69, 9.17) is 26.1 Å². The topological polar surface area (TPSA) is 51.7 Å². The zero-order valence-corrected chi connectivity index (χ0v) is 21.6. The van der Waals surface area contributed by atoms with Crippen molar-refractivity contribution in [3.8, 4) is 17.0 Å². The molecule has 1 aromatic heterocycles. The van der Waals surface area contributed by atoms with Gasteiger partial charge in [0, 0.05) is 33.5 Å². The van der Waals surface area contributed by atoms with Crippen LogP contribution in [0.3, 0.4) is 0 Å². The molecule has 0 N–H and O–H groups in total. The number of anilines is 1. The first kappa shape index (κ1) is 24.2. The molecule has 2 aromatic carbocycles. The van der Waals surface area contributed by atoms with Gasteiger partial charge in [0.05, 0.1) is 24.9 Å². The van der Waals surface area contributed by atoms with Crippen molar-refractivity contribution in [2.24, 2.45) is 0 Å². The minimum Gasteiger partial charge on any atom is -0.494 e. The monoisotopic (exact) mass is 548 g/mol. The number of benzene rings is 2. The fourth-order valence-corrected chi connectivity index (χ4v) is 4.92. The standard InChI is InChI=1S/C25H26BrClN2O3S/c1-17-14-20(10-11-22(17)27)31-13-3-5-24(30)29(15-21-4-2-12-32-21)25-28-23(16-33-25)18-6-8-19(26)9-7-18/h6-11,14,16,21H,2-5,12-13,15H2,1H3/t21-/m1/s1. The molecule has 0 aliphatic carbocycles. The fraction of sp³-hybridized carbons (Fsp3) is 0.360. The lowest BCUT2D eigenvalue weighted by Crippen LogP contribution is -2.37. The van der Waals surface area contributed by atoms with E-state index < -0.39 is 0 Å². The fourth-order valence-electron chi connectivity index (χ4n) is 3.68. The molecule has 1 atom stereocenters. The summed E-state index contributed by atoms with van der Waals surface area (Å²) in [5.74, 6) is 0.803. The van der Waals surface area contributed by atoms with Gasteiger partial charge in [-0.05, 0) is 62.1 Å². The summed E-state index contributed by atoms with van der Waals surface area (Å²) in [7, 11) is 0. The van der Waals surface area contributed by atoms with E-state index >= 15 is 0 Å². The molecule has 1 aliphatic rings. The average Bonchev–Trinajstić information content (AvgIpc) is 3.50. The summed E-state index contributed by atoms with van der Waals surface area (Å²) < 4.78 is 12.6. The van der Waals surface area contributed by atoms with Crippen molar-refractivity contribution in [3.63, 3.8) is 0 Å². The Balaban J connectivity index is 1.40. The summed E-state index contributed by atoms with van der Waals surface area (Å²) in [4.78, 5) is 19.8. The maximum absolute atomic E-state index is 13.2. The Morgan fingerprint density at radius 2 is 2.12 bits per heavy atom. The quantitative estimate of drug-likeness (QED) is 0.272. The van der Waals surface area contributed by atoms with Crippen molar-refractivity contribution in [1.29, 1.82) is 0 Å². The van der Waals surface area contributed by atoms with Crippen molar-refractivity contribution in [2.75, 3.05) is 24.7 Å². The lowest BCUT2D eigenvalue weighted by atomic mass is 10.2. The second kappa shape index (κ2) is 11.5. The third-order valence-corrected chi connectivity index (χ3v) is 7.32. The van der Waals surface area contributed by atoms with Gasteiger partial charge in [0.15, 0.2) is 5.13 Å². The first-order valence-corrected chi connectivity index (χ1v) is 13.1. The molecular formula is C25H26BrClN2O3S. The van der Waals surface area contributed by atoms with Gasteiger partial charge < -0.3 is 9.47 Å². The van der Waals surface area contributed by atoms with Crippen molar-refractivity contribution in [3.05, 3.63) is 62.9 Å². The highest BCUT2D eigenvalue weighted by molar-refractivity contribution is 9.10. The number of nitrogens with zero attached hydrogens (tertiary/aromatic N) is 2. The van der Waals surface area contributed by atoms with Gasteiger partial charge >= 0.3 is 0 Å². The van der Waals surface area contributed by atoms with E-state index in [-0.39, 0.29) is 12.0 Å². The summed E-state index contributed by atoms with van der Waals surface area (Å²) in [6.45, 7) is 3.69. The maximum Gasteiger partial charge on any atom is 0.228 e. The lowest BCUT2D eigenvalue weighted by molar-refractivity contribution is -0.119. The van der Waals surface area contributed by atoms with Gasteiger partial charge in [0.25, 0.3) is 0 Å². The predicted octanol–water partition coefficient (Wildman–Crippen LogP) is 6.91. The molecule has 0 bridgehead atoms. The van der Waals surface area contributed by atoms with E-state index in [1.54, 1.807) is 4.90 Å². The van der Waals surface area contributed by atoms with Crippen LogP contribution in [0.25, 0.3) is 11.3 Å². The molecule has 1 amide bonds. The van der Waals surface area contributed by atoms with Crippen molar-refractivity contribution in [2.45, 2.75) is 38.7 Å². The third kappa shape index (κ3) is 6.57. The number of carbonyl (C=O) groups excluding carboxylic acids is 1. The predicted molar refractivity (Wildman–Crippen MR) is 137 cm³/mol. The molecule has 174 valence electrons.